The normalized spacial score (nSPS) is 11.5. The van der Waals surface area contributed by atoms with Crippen LogP contribution in [0.25, 0.3) is 84.9 Å². The summed E-state index contributed by atoms with van der Waals surface area (Å²) in [6.45, 7) is 0. The molecule has 0 amide bonds. The summed E-state index contributed by atoms with van der Waals surface area (Å²) in [5.74, 6) is 0. The van der Waals surface area contributed by atoms with Crippen LogP contribution in [0.2, 0.25) is 0 Å². The molecule has 2 heterocycles. The summed E-state index contributed by atoms with van der Waals surface area (Å²) in [6.07, 6.45) is 0. The van der Waals surface area contributed by atoms with Crippen molar-refractivity contribution in [1.29, 1.82) is 5.26 Å². The zero-order chi connectivity index (χ0) is 30.6. The molecule has 0 spiro atoms. The Labute approximate surface area is 274 Å². The molecule has 0 saturated heterocycles. The standard InChI is InChI=1S/C43H25NS2/c44-26-30-12-4-5-13-32(30)31-22-37(28-18-20-35-33-14-6-8-16-39(33)45-41(35)24-28)43(27-10-2-1-3-11-27)38(23-31)29-19-21-36-34-15-7-9-17-40(34)46-42(36)25-29/h1-25H. The highest BCUT2D eigenvalue weighted by atomic mass is 32.1. The Hall–Kier alpha value is -5.53. The van der Waals surface area contributed by atoms with E-state index < -0.39 is 0 Å². The second-order valence-corrected chi connectivity index (χ2v) is 13.8. The number of nitriles is 1. The molecule has 0 radical (unpaired) electrons. The maximum atomic E-state index is 10.1. The highest BCUT2D eigenvalue weighted by Crippen LogP contribution is 2.46. The molecule has 0 saturated carbocycles. The third-order valence-corrected chi connectivity index (χ3v) is 11.2. The largest absolute Gasteiger partial charge is 0.192 e. The summed E-state index contributed by atoms with van der Waals surface area (Å²) in [5, 5.41) is 15.3. The van der Waals surface area contributed by atoms with Gasteiger partial charge in [0.05, 0.1) is 11.6 Å². The van der Waals surface area contributed by atoms with Gasteiger partial charge in [0.25, 0.3) is 0 Å². The number of benzene rings is 7. The molecule has 2 aromatic heterocycles. The molecule has 0 fully saturated rings. The fourth-order valence-corrected chi connectivity index (χ4v) is 9.08. The molecule has 1 nitrogen and oxygen atoms in total. The van der Waals surface area contributed by atoms with Crippen LogP contribution >= 0.6 is 22.7 Å². The zero-order valence-corrected chi connectivity index (χ0v) is 26.3. The first-order valence-electron chi connectivity index (χ1n) is 15.3. The lowest BCUT2D eigenvalue weighted by atomic mass is 9.84. The van der Waals surface area contributed by atoms with Crippen LogP contribution in [-0.2, 0) is 0 Å². The molecule has 214 valence electrons. The third kappa shape index (κ3) is 4.35. The second-order valence-electron chi connectivity index (χ2n) is 11.6. The minimum Gasteiger partial charge on any atom is -0.192 e. The van der Waals surface area contributed by atoms with Crippen molar-refractivity contribution >= 4 is 63.0 Å². The molecule has 0 aliphatic heterocycles. The van der Waals surface area contributed by atoms with Crippen LogP contribution in [0.15, 0.2) is 152 Å². The van der Waals surface area contributed by atoms with Crippen molar-refractivity contribution in [1.82, 2.24) is 0 Å². The molecule has 9 aromatic rings. The van der Waals surface area contributed by atoms with Gasteiger partial charge in [-0.1, -0.05) is 109 Å². The number of thiophene rings is 2. The summed E-state index contributed by atoms with van der Waals surface area (Å²) in [4.78, 5) is 0. The van der Waals surface area contributed by atoms with Crippen molar-refractivity contribution in [3.63, 3.8) is 0 Å². The first kappa shape index (κ1) is 26.8. The highest BCUT2D eigenvalue weighted by Gasteiger charge is 2.20. The topological polar surface area (TPSA) is 23.8 Å². The van der Waals surface area contributed by atoms with Gasteiger partial charge in [0, 0.05) is 40.3 Å². The van der Waals surface area contributed by atoms with Crippen LogP contribution in [0.4, 0.5) is 0 Å². The summed E-state index contributed by atoms with van der Waals surface area (Å²) >= 11 is 3.68. The van der Waals surface area contributed by atoms with E-state index in [4.69, 9.17) is 0 Å². The number of hydrogen-bond acceptors (Lipinski definition) is 3. The molecule has 0 aliphatic rings. The Morgan fingerprint density at radius 1 is 0.370 bits per heavy atom. The zero-order valence-electron chi connectivity index (χ0n) is 24.7. The van der Waals surface area contributed by atoms with Gasteiger partial charge in [0.1, 0.15) is 0 Å². The van der Waals surface area contributed by atoms with Crippen LogP contribution in [0.3, 0.4) is 0 Å². The summed E-state index contributed by atoms with van der Waals surface area (Å²) in [7, 11) is 0. The molecular weight excluding hydrogens is 595 g/mol. The van der Waals surface area contributed by atoms with Crippen LogP contribution in [0.5, 0.6) is 0 Å². The number of fused-ring (bicyclic) bond motifs is 6. The first-order chi connectivity index (χ1) is 22.7. The van der Waals surface area contributed by atoms with Crippen LogP contribution in [-0.4, -0.2) is 0 Å². The van der Waals surface area contributed by atoms with Crippen molar-refractivity contribution in [2.75, 3.05) is 0 Å². The van der Waals surface area contributed by atoms with E-state index in [1.54, 1.807) is 0 Å². The van der Waals surface area contributed by atoms with Gasteiger partial charge in [-0.15, -0.1) is 22.7 Å². The quantitative estimate of drug-likeness (QED) is 0.192. The molecule has 46 heavy (non-hydrogen) atoms. The van der Waals surface area contributed by atoms with Gasteiger partial charge in [0.2, 0.25) is 0 Å². The van der Waals surface area contributed by atoms with E-state index in [0.717, 1.165) is 22.3 Å². The average molecular weight is 620 g/mol. The van der Waals surface area contributed by atoms with E-state index in [1.165, 1.54) is 62.6 Å². The number of nitrogens with zero attached hydrogens (tertiary/aromatic N) is 1. The molecular formula is C43H25NS2. The van der Waals surface area contributed by atoms with E-state index in [9.17, 15) is 5.26 Å². The van der Waals surface area contributed by atoms with Gasteiger partial charge in [-0.05, 0) is 87.0 Å². The predicted octanol–water partition coefficient (Wildman–Crippen LogP) is 13.0. The monoisotopic (exact) mass is 619 g/mol. The first-order valence-corrected chi connectivity index (χ1v) is 16.9. The Kier molecular flexibility index (Phi) is 6.31. The fraction of sp³-hybridized carbons (Fsp3) is 0. The molecule has 0 atom stereocenters. The Balaban J connectivity index is 1.37. The van der Waals surface area contributed by atoms with Gasteiger partial charge in [0.15, 0.2) is 0 Å². The van der Waals surface area contributed by atoms with Crippen LogP contribution in [0.1, 0.15) is 5.56 Å². The second kappa shape index (κ2) is 10.8. The lowest BCUT2D eigenvalue weighted by Gasteiger charge is -2.19. The lowest BCUT2D eigenvalue weighted by Crippen LogP contribution is -1.94. The van der Waals surface area contributed by atoms with Crippen molar-refractivity contribution in [3.05, 3.63) is 157 Å². The molecule has 9 rings (SSSR count). The van der Waals surface area contributed by atoms with Gasteiger partial charge < -0.3 is 0 Å². The smallest absolute Gasteiger partial charge is 0.0998 e. The highest BCUT2D eigenvalue weighted by molar-refractivity contribution is 7.26. The molecule has 0 unspecified atom stereocenters. The molecule has 3 heteroatoms. The van der Waals surface area contributed by atoms with E-state index in [2.05, 4.69) is 140 Å². The average Bonchev–Trinajstić information content (AvgIpc) is 3.69. The van der Waals surface area contributed by atoms with E-state index >= 15 is 0 Å². The SMILES string of the molecule is N#Cc1ccccc1-c1cc(-c2ccc3c(c2)sc2ccccc23)c(-c2ccccc2)c(-c2ccc3c(c2)sc2ccccc23)c1. The van der Waals surface area contributed by atoms with Gasteiger partial charge in [-0.2, -0.15) is 5.26 Å². The van der Waals surface area contributed by atoms with Crippen molar-refractivity contribution in [2.24, 2.45) is 0 Å². The molecule has 7 aromatic carbocycles. The summed E-state index contributed by atoms with van der Waals surface area (Å²) in [6, 6.07) is 56.7. The van der Waals surface area contributed by atoms with Crippen LogP contribution in [0, 0.1) is 11.3 Å². The lowest BCUT2D eigenvalue weighted by molar-refractivity contribution is 1.47. The minimum absolute atomic E-state index is 0.673. The summed E-state index contributed by atoms with van der Waals surface area (Å²) in [5.41, 5.74) is 9.65. The van der Waals surface area contributed by atoms with Gasteiger partial charge >= 0.3 is 0 Å². The molecule has 0 bridgehead atoms. The maximum absolute atomic E-state index is 10.1. The summed E-state index contributed by atoms with van der Waals surface area (Å²) < 4.78 is 5.14. The number of rotatable bonds is 4. The van der Waals surface area contributed by atoms with E-state index in [1.807, 2.05) is 40.9 Å². The number of hydrogen-bond donors (Lipinski definition) is 0. The van der Waals surface area contributed by atoms with Gasteiger partial charge in [-0.3, -0.25) is 0 Å². The predicted molar refractivity (Wildman–Crippen MR) is 199 cm³/mol. The van der Waals surface area contributed by atoms with E-state index in [-0.39, 0.29) is 0 Å². The Bertz CT molecular complexity index is 2520. The molecule has 0 aliphatic carbocycles. The fourth-order valence-electron chi connectivity index (χ4n) is 6.79. The Morgan fingerprint density at radius 3 is 1.46 bits per heavy atom. The molecule has 0 N–H and O–H groups in total. The Morgan fingerprint density at radius 2 is 0.870 bits per heavy atom. The maximum Gasteiger partial charge on any atom is 0.0998 e. The van der Waals surface area contributed by atoms with Crippen LogP contribution < -0.4 is 0 Å². The van der Waals surface area contributed by atoms with Crippen molar-refractivity contribution < 1.29 is 0 Å². The van der Waals surface area contributed by atoms with Gasteiger partial charge in [-0.25, -0.2) is 0 Å². The van der Waals surface area contributed by atoms with Crippen molar-refractivity contribution in [2.45, 2.75) is 0 Å². The van der Waals surface area contributed by atoms with Crippen molar-refractivity contribution in [3.8, 4) is 50.6 Å². The third-order valence-electron chi connectivity index (χ3n) is 8.94. The van der Waals surface area contributed by atoms with E-state index in [0.29, 0.717) is 5.56 Å². The minimum atomic E-state index is 0.673.